The minimum atomic E-state index is -2.40. The summed E-state index contributed by atoms with van der Waals surface area (Å²) in [5, 5.41) is 0. The van der Waals surface area contributed by atoms with E-state index in [0.29, 0.717) is 19.1 Å². The fourth-order valence-corrected chi connectivity index (χ4v) is 2.67. The highest BCUT2D eigenvalue weighted by Crippen LogP contribution is 2.28. The quantitative estimate of drug-likeness (QED) is 0.771. The molecule has 0 saturated carbocycles. The van der Waals surface area contributed by atoms with Gasteiger partial charge in [0.2, 0.25) is 0 Å². The molecule has 2 heterocycles. The molecule has 0 radical (unpaired) electrons. The van der Waals surface area contributed by atoms with Crippen molar-refractivity contribution in [2.24, 2.45) is 5.92 Å². The lowest BCUT2D eigenvalue weighted by molar-refractivity contribution is -0.0603. The van der Waals surface area contributed by atoms with Crippen LogP contribution in [0.25, 0.3) is 0 Å². The molecule has 0 bridgehead atoms. The number of rotatable bonds is 3. The van der Waals surface area contributed by atoms with Crippen LogP contribution >= 0.6 is 0 Å². The predicted molar refractivity (Wildman–Crippen MR) is 94.3 cm³/mol. The Labute approximate surface area is 142 Å². The van der Waals surface area contributed by atoms with Crippen LogP contribution in [0.3, 0.4) is 0 Å². The van der Waals surface area contributed by atoms with Crippen molar-refractivity contribution in [3.8, 4) is 0 Å². The van der Waals surface area contributed by atoms with E-state index < -0.39 is 5.92 Å². The summed E-state index contributed by atoms with van der Waals surface area (Å²) >= 11 is 0. The van der Waals surface area contributed by atoms with Gasteiger partial charge in [0.1, 0.15) is 0 Å². The first-order chi connectivity index (χ1) is 10.8. The minimum Gasteiger partial charge on any atom is -0.379 e. The molecular weight excluding hydrogens is 298 g/mol. The Morgan fingerprint density at radius 3 is 1.78 bits per heavy atom. The van der Waals surface area contributed by atoms with Crippen molar-refractivity contribution in [2.45, 2.75) is 66.3 Å². The molecule has 0 spiro atoms. The first-order valence-corrected chi connectivity index (χ1v) is 9.22. The van der Waals surface area contributed by atoms with Gasteiger partial charge in [0.05, 0.1) is 13.2 Å². The molecule has 23 heavy (non-hydrogen) atoms. The normalized spacial score (nSPS) is 22.2. The van der Waals surface area contributed by atoms with Crippen molar-refractivity contribution in [3.05, 3.63) is 0 Å². The maximum absolute atomic E-state index is 12.6. The lowest BCUT2D eigenvalue weighted by Gasteiger charge is -2.34. The molecule has 2 saturated heterocycles. The van der Waals surface area contributed by atoms with E-state index in [-0.39, 0.29) is 12.8 Å². The Morgan fingerprint density at radius 1 is 0.913 bits per heavy atom. The van der Waals surface area contributed by atoms with Gasteiger partial charge in [-0.1, -0.05) is 27.7 Å². The van der Waals surface area contributed by atoms with Gasteiger partial charge < -0.3 is 9.64 Å². The van der Waals surface area contributed by atoms with E-state index in [9.17, 15) is 8.78 Å². The van der Waals surface area contributed by atoms with E-state index in [1.54, 1.807) is 0 Å². The van der Waals surface area contributed by atoms with Crippen LogP contribution in [-0.4, -0.2) is 67.7 Å². The summed E-state index contributed by atoms with van der Waals surface area (Å²) in [6.45, 7) is 19.0. The number of hydrogen-bond acceptors (Lipinski definition) is 3. The van der Waals surface area contributed by atoms with E-state index in [2.05, 4.69) is 23.6 Å². The number of hydrogen-bond donors (Lipinski definition) is 0. The zero-order chi connectivity index (χ0) is 17.9. The lowest BCUT2D eigenvalue weighted by atomic mass is 10.1. The molecule has 0 N–H and O–H groups in total. The summed E-state index contributed by atoms with van der Waals surface area (Å²) in [7, 11) is 0. The molecule has 0 aromatic heterocycles. The number of nitrogens with zero attached hydrogens (tertiary/aromatic N) is 2. The Balaban J connectivity index is 0.000000381. The van der Waals surface area contributed by atoms with Crippen molar-refractivity contribution in [1.29, 1.82) is 0 Å². The number of halogens is 2. The molecule has 0 aromatic rings. The fourth-order valence-electron chi connectivity index (χ4n) is 2.67. The third kappa shape index (κ3) is 11.0. The van der Waals surface area contributed by atoms with Crippen LogP contribution in [0.1, 0.15) is 54.4 Å². The molecule has 0 aromatic carbocycles. The monoisotopic (exact) mass is 336 g/mol. The van der Waals surface area contributed by atoms with Crippen LogP contribution in [0, 0.1) is 5.92 Å². The molecule has 2 aliphatic heterocycles. The number of morpholine rings is 1. The van der Waals surface area contributed by atoms with Crippen molar-refractivity contribution in [3.63, 3.8) is 0 Å². The number of alkyl halides is 2. The molecule has 0 atom stereocenters. The van der Waals surface area contributed by atoms with Gasteiger partial charge in [-0.25, -0.2) is 8.78 Å². The molecule has 3 nitrogen and oxygen atoms in total. The van der Waals surface area contributed by atoms with Crippen LogP contribution in [0.15, 0.2) is 0 Å². The molecule has 140 valence electrons. The zero-order valence-electron chi connectivity index (χ0n) is 16.1. The van der Waals surface area contributed by atoms with E-state index in [4.69, 9.17) is 4.74 Å². The Bertz CT molecular complexity index is 270. The molecule has 2 rings (SSSR count). The summed E-state index contributed by atoms with van der Waals surface area (Å²) in [4.78, 5) is 4.56. The highest BCUT2D eigenvalue weighted by atomic mass is 19.3. The average molecular weight is 337 g/mol. The maximum atomic E-state index is 12.6. The van der Waals surface area contributed by atoms with Crippen LogP contribution in [0.2, 0.25) is 0 Å². The van der Waals surface area contributed by atoms with E-state index in [0.717, 1.165) is 32.2 Å². The summed E-state index contributed by atoms with van der Waals surface area (Å²) in [5.74, 6) is -1.61. The summed E-state index contributed by atoms with van der Waals surface area (Å²) in [6, 6.07) is 0.408. The van der Waals surface area contributed by atoms with E-state index in [1.807, 2.05) is 27.7 Å². The van der Waals surface area contributed by atoms with Crippen molar-refractivity contribution in [1.82, 2.24) is 9.80 Å². The topological polar surface area (TPSA) is 15.7 Å². The standard InChI is InChI=1S/C8H15F2N.C8H17NO.C2H6/c1-7(2)11-5-3-8(9,10)4-6-11;1-8(2)7-9-3-5-10-6-4-9;1-2/h7H,3-6H2,1-2H3;8H,3-7H2,1-2H3;1-2H3. The highest BCUT2D eigenvalue weighted by molar-refractivity contribution is 4.78. The second-order valence-corrected chi connectivity index (χ2v) is 6.79. The van der Waals surface area contributed by atoms with Gasteiger partial charge in [-0.3, -0.25) is 4.90 Å². The van der Waals surface area contributed by atoms with Crippen LogP contribution in [-0.2, 0) is 4.74 Å². The van der Waals surface area contributed by atoms with E-state index in [1.165, 1.54) is 6.54 Å². The molecular formula is C18H38F2N2O. The third-order valence-corrected chi connectivity index (χ3v) is 3.99. The smallest absolute Gasteiger partial charge is 0.250 e. The Hall–Kier alpha value is -0.260. The number of ether oxygens (including phenoxy) is 1. The summed E-state index contributed by atoms with van der Waals surface area (Å²) < 4.78 is 30.5. The first kappa shape index (κ1) is 22.7. The maximum Gasteiger partial charge on any atom is 0.250 e. The second-order valence-electron chi connectivity index (χ2n) is 6.79. The predicted octanol–water partition coefficient (Wildman–Crippen LogP) is 4.13. The number of piperidine rings is 1. The highest BCUT2D eigenvalue weighted by Gasteiger charge is 2.34. The van der Waals surface area contributed by atoms with Crippen molar-refractivity contribution < 1.29 is 13.5 Å². The molecule has 2 fully saturated rings. The van der Waals surface area contributed by atoms with Gasteiger partial charge in [-0.05, 0) is 19.8 Å². The van der Waals surface area contributed by atoms with Crippen molar-refractivity contribution >= 4 is 0 Å². The van der Waals surface area contributed by atoms with Crippen molar-refractivity contribution in [2.75, 3.05) is 45.9 Å². The van der Waals surface area contributed by atoms with Gasteiger partial charge in [0.15, 0.2) is 0 Å². The largest absolute Gasteiger partial charge is 0.379 e. The third-order valence-electron chi connectivity index (χ3n) is 3.99. The van der Waals surface area contributed by atoms with Crippen LogP contribution < -0.4 is 0 Å². The summed E-state index contributed by atoms with van der Waals surface area (Å²) in [6.07, 6.45) is 0.0658. The SMILES string of the molecule is CC.CC(C)CN1CCOCC1.CC(C)N1CCC(F)(F)CC1. The molecule has 0 amide bonds. The lowest BCUT2D eigenvalue weighted by Crippen LogP contribution is -2.42. The second kappa shape index (κ2) is 12.2. The molecule has 0 unspecified atom stereocenters. The van der Waals surface area contributed by atoms with Gasteiger partial charge in [0.25, 0.3) is 5.92 Å². The zero-order valence-corrected chi connectivity index (χ0v) is 16.1. The average Bonchev–Trinajstić information content (AvgIpc) is 2.50. The van der Waals surface area contributed by atoms with E-state index >= 15 is 0 Å². The van der Waals surface area contributed by atoms with Gasteiger partial charge >= 0.3 is 0 Å². The molecule has 5 heteroatoms. The first-order valence-electron chi connectivity index (χ1n) is 9.22. The summed E-state index contributed by atoms with van der Waals surface area (Å²) in [5.41, 5.74) is 0. The number of likely N-dealkylation sites (tertiary alicyclic amines) is 1. The van der Waals surface area contributed by atoms with Crippen LogP contribution in [0.5, 0.6) is 0 Å². The Morgan fingerprint density at radius 2 is 1.39 bits per heavy atom. The molecule has 2 aliphatic rings. The van der Waals surface area contributed by atoms with Gasteiger partial charge in [-0.2, -0.15) is 0 Å². The minimum absolute atomic E-state index is 0.0329. The Kier molecular flexibility index (Phi) is 12.0. The van der Waals surface area contributed by atoms with Crippen LogP contribution in [0.4, 0.5) is 8.78 Å². The fraction of sp³-hybridized carbons (Fsp3) is 1.00. The molecule has 0 aliphatic carbocycles. The van der Waals surface area contributed by atoms with Gasteiger partial charge in [-0.15, -0.1) is 0 Å². The van der Waals surface area contributed by atoms with Gasteiger partial charge in [0, 0.05) is 51.6 Å².